The van der Waals surface area contributed by atoms with Crippen molar-refractivity contribution in [1.29, 1.82) is 0 Å². The number of methoxy groups -OCH3 is 1. The van der Waals surface area contributed by atoms with Gasteiger partial charge in [0.15, 0.2) is 18.1 Å². The molecule has 1 atom stereocenters. The third kappa shape index (κ3) is 4.46. The molecule has 26 heavy (non-hydrogen) atoms. The number of hydrogen-bond acceptors (Lipinski definition) is 4. The van der Waals surface area contributed by atoms with Crippen LogP contribution in [0.15, 0.2) is 42.5 Å². The zero-order valence-electron chi connectivity index (χ0n) is 14.9. The van der Waals surface area contributed by atoms with Crippen molar-refractivity contribution in [3.63, 3.8) is 0 Å². The first-order valence-electron chi connectivity index (χ1n) is 7.96. The van der Waals surface area contributed by atoms with Crippen LogP contribution in [-0.4, -0.2) is 37.5 Å². The number of benzene rings is 2. The van der Waals surface area contributed by atoms with Crippen LogP contribution in [0.1, 0.15) is 28.9 Å². The summed E-state index contributed by atoms with van der Waals surface area (Å²) in [5, 5.41) is 0.162. The Kier molecular flexibility index (Phi) is 6.46. The lowest BCUT2D eigenvalue weighted by Gasteiger charge is -2.26. The van der Waals surface area contributed by atoms with E-state index in [1.54, 1.807) is 11.9 Å². The summed E-state index contributed by atoms with van der Waals surface area (Å²) in [5.41, 5.74) is 6.45. The van der Waals surface area contributed by atoms with Crippen molar-refractivity contribution in [3.8, 4) is 11.5 Å². The van der Waals surface area contributed by atoms with Crippen LogP contribution in [-0.2, 0) is 4.79 Å². The Bertz CT molecular complexity index is 796. The largest absolute Gasteiger partial charge is 0.493 e. The second-order valence-corrected chi connectivity index (χ2v) is 6.15. The maximum absolute atomic E-state index is 12.9. The highest BCUT2D eigenvalue weighted by Crippen LogP contribution is 2.37. The predicted octanol–water partition coefficient (Wildman–Crippen LogP) is 3.05. The van der Waals surface area contributed by atoms with Crippen LogP contribution < -0.4 is 15.2 Å². The lowest BCUT2D eigenvalue weighted by molar-refractivity contribution is -0.119. The minimum absolute atomic E-state index is 0.126. The molecule has 0 unspecified atom stereocenters. The molecule has 0 radical (unpaired) electrons. The van der Waals surface area contributed by atoms with Crippen LogP contribution in [0.3, 0.4) is 0 Å². The molecule has 0 aliphatic heterocycles. The molecule has 138 valence electrons. The molecule has 0 heterocycles. The number of carbonyl (C=O) groups excluding carboxylic acids is 2. The first-order chi connectivity index (χ1) is 12.3. The van der Waals surface area contributed by atoms with Crippen LogP contribution in [0.5, 0.6) is 11.5 Å². The van der Waals surface area contributed by atoms with Crippen molar-refractivity contribution in [2.75, 3.05) is 20.8 Å². The second kappa shape index (κ2) is 8.58. The Hall–Kier alpha value is -2.73. The van der Waals surface area contributed by atoms with Crippen molar-refractivity contribution in [1.82, 2.24) is 4.90 Å². The summed E-state index contributed by atoms with van der Waals surface area (Å²) in [5.74, 6) is -0.436. The molecule has 2 N–H and O–H groups in total. The van der Waals surface area contributed by atoms with Gasteiger partial charge >= 0.3 is 0 Å². The van der Waals surface area contributed by atoms with Gasteiger partial charge in [-0.1, -0.05) is 41.9 Å². The average molecular weight is 377 g/mol. The van der Waals surface area contributed by atoms with Crippen molar-refractivity contribution < 1.29 is 19.1 Å². The third-order valence-corrected chi connectivity index (χ3v) is 4.30. The average Bonchev–Trinajstić information content (AvgIpc) is 2.65. The zero-order chi connectivity index (χ0) is 19.3. The molecule has 0 aromatic heterocycles. The highest BCUT2D eigenvalue weighted by molar-refractivity contribution is 6.32. The number of ether oxygens (including phenoxy) is 2. The summed E-state index contributed by atoms with van der Waals surface area (Å²) >= 11 is 6.21. The van der Waals surface area contributed by atoms with E-state index in [2.05, 4.69) is 0 Å². The summed E-state index contributed by atoms with van der Waals surface area (Å²) in [6, 6.07) is 12.6. The highest BCUT2D eigenvalue weighted by atomic mass is 35.5. The fourth-order valence-corrected chi connectivity index (χ4v) is 2.73. The van der Waals surface area contributed by atoms with Gasteiger partial charge in [-0.2, -0.15) is 0 Å². The topological polar surface area (TPSA) is 81.9 Å². The quantitative estimate of drug-likeness (QED) is 0.805. The Morgan fingerprint density at radius 3 is 2.46 bits per heavy atom. The molecule has 0 saturated heterocycles. The van der Waals surface area contributed by atoms with Crippen LogP contribution in [0.2, 0.25) is 5.02 Å². The summed E-state index contributed by atoms with van der Waals surface area (Å²) in [4.78, 5) is 25.4. The summed E-state index contributed by atoms with van der Waals surface area (Å²) in [6.45, 7) is 1.60. The molecule has 0 bridgehead atoms. The Morgan fingerprint density at radius 2 is 1.88 bits per heavy atom. The molecule has 6 nitrogen and oxygen atoms in total. The van der Waals surface area contributed by atoms with Crippen molar-refractivity contribution in [2.45, 2.75) is 13.0 Å². The molecule has 0 fully saturated rings. The van der Waals surface area contributed by atoms with Gasteiger partial charge in [0.2, 0.25) is 0 Å². The van der Waals surface area contributed by atoms with E-state index in [0.717, 1.165) is 5.56 Å². The van der Waals surface area contributed by atoms with Gasteiger partial charge in [-0.15, -0.1) is 0 Å². The predicted molar refractivity (Wildman–Crippen MR) is 99.6 cm³/mol. The Balaban J connectivity index is 2.28. The third-order valence-electron chi connectivity index (χ3n) is 4.02. The van der Waals surface area contributed by atoms with Gasteiger partial charge < -0.3 is 20.1 Å². The molecule has 0 aliphatic carbocycles. The van der Waals surface area contributed by atoms with Gasteiger partial charge in [0.05, 0.1) is 18.2 Å². The lowest BCUT2D eigenvalue weighted by atomic mass is 10.1. The van der Waals surface area contributed by atoms with E-state index >= 15 is 0 Å². The van der Waals surface area contributed by atoms with Gasteiger partial charge in [0.25, 0.3) is 11.8 Å². The van der Waals surface area contributed by atoms with Gasteiger partial charge in [0, 0.05) is 12.6 Å². The van der Waals surface area contributed by atoms with E-state index in [1.807, 2.05) is 37.3 Å². The number of rotatable bonds is 7. The number of amides is 2. The smallest absolute Gasteiger partial charge is 0.255 e. The van der Waals surface area contributed by atoms with E-state index in [9.17, 15) is 9.59 Å². The molecular weight excluding hydrogens is 356 g/mol. The Morgan fingerprint density at radius 1 is 1.23 bits per heavy atom. The fraction of sp³-hybridized carbons (Fsp3) is 0.263. The normalized spacial score (nSPS) is 11.5. The van der Waals surface area contributed by atoms with E-state index in [1.165, 1.54) is 19.2 Å². The summed E-state index contributed by atoms with van der Waals surface area (Å²) in [6.07, 6.45) is 0. The van der Waals surface area contributed by atoms with Crippen molar-refractivity contribution in [3.05, 3.63) is 58.6 Å². The molecule has 0 aliphatic rings. The molecule has 0 saturated carbocycles. The molecule has 2 aromatic rings. The van der Waals surface area contributed by atoms with E-state index < -0.39 is 5.91 Å². The minimum Gasteiger partial charge on any atom is -0.493 e. The van der Waals surface area contributed by atoms with Crippen LogP contribution in [0.25, 0.3) is 0 Å². The maximum Gasteiger partial charge on any atom is 0.255 e. The number of nitrogens with zero attached hydrogens (tertiary/aromatic N) is 1. The zero-order valence-corrected chi connectivity index (χ0v) is 15.6. The molecule has 2 rings (SSSR count). The number of nitrogens with two attached hydrogens (primary N) is 1. The molecular formula is C19H21ClN2O4. The molecule has 0 spiro atoms. The lowest BCUT2D eigenvalue weighted by Crippen LogP contribution is -2.29. The highest BCUT2D eigenvalue weighted by Gasteiger charge is 2.22. The first-order valence-corrected chi connectivity index (χ1v) is 8.33. The fourth-order valence-electron chi connectivity index (χ4n) is 2.46. The number of carbonyl (C=O) groups is 2. The van der Waals surface area contributed by atoms with Gasteiger partial charge in [-0.05, 0) is 24.6 Å². The van der Waals surface area contributed by atoms with E-state index in [0.29, 0.717) is 5.56 Å². The van der Waals surface area contributed by atoms with E-state index in [-0.39, 0.29) is 35.1 Å². The van der Waals surface area contributed by atoms with Crippen molar-refractivity contribution >= 4 is 23.4 Å². The molecule has 2 amide bonds. The minimum atomic E-state index is -0.639. The second-order valence-electron chi connectivity index (χ2n) is 5.75. The van der Waals surface area contributed by atoms with Gasteiger partial charge in [-0.25, -0.2) is 0 Å². The standard InChI is InChI=1S/C19H21ClN2O4/c1-12(13-7-5-4-6-8-13)22(2)19(24)14-9-15(20)18(16(10-14)25-3)26-11-17(21)23/h4-10,12H,11H2,1-3H3,(H2,21,23)/t12-/m0/s1. The van der Waals surface area contributed by atoms with Gasteiger partial charge in [-0.3, -0.25) is 9.59 Å². The van der Waals surface area contributed by atoms with Crippen LogP contribution in [0, 0.1) is 0 Å². The van der Waals surface area contributed by atoms with E-state index in [4.69, 9.17) is 26.8 Å². The number of hydrogen-bond donors (Lipinski definition) is 1. The van der Waals surface area contributed by atoms with Gasteiger partial charge in [0.1, 0.15) is 0 Å². The summed E-state index contributed by atoms with van der Waals surface area (Å²) < 4.78 is 10.5. The monoisotopic (exact) mass is 376 g/mol. The van der Waals surface area contributed by atoms with Crippen LogP contribution >= 0.6 is 11.6 Å². The van der Waals surface area contributed by atoms with Crippen LogP contribution in [0.4, 0.5) is 0 Å². The van der Waals surface area contributed by atoms with Crippen molar-refractivity contribution in [2.24, 2.45) is 5.73 Å². The SMILES string of the molecule is COc1cc(C(=O)N(C)[C@@H](C)c2ccccc2)cc(Cl)c1OCC(N)=O. The maximum atomic E-state index is 12.9. The summed E-state index contributed by atoms with van der Waals surface area (Å²) in [7, 11) is 3.14. The number of halogens is 1. The first kappa shape index (κ1) is 19.6. The molecule has 2 aromatic carbocycles. The molecule has 7 heteroatoms. The number of primary amides is 1. The Labute approximate surface area is 157 Å².